The van der Waals surface area contributed by atoms with Gasteiger partial charge in [0.25, 0.3) is 5.91 Å². The van der Waals surface area contributed by atoms with Gasteiger partial charge in [-0.2, -0.15) is 0 Å². The number of halogens is 1. The first-order chi connectivity index (χ1) is 8.56. The van der Waals surface area contributed by atoms with Crippen molar-refractivity contribution in [1.82, 2.24) is 5.32 Å². The molecule has 0 fully saturated rings. The molecule has 1 heterocycles. The van der Waals surface area contributed by atoms with E-state index in [1.54, 1.807) is 17.4 Å². The lowest BCUT2D eigenvalue weighted by molar-refractivity contribution is 0.0951. The molecule has 0 aliphatic rings. The Balaban J connectivity index is 2.01. The summed E-state index contributed by atoms with van der Waals surface area (Å²) < 4.78 is 1.00. The molecule has 1 amide bonds. The molecule has 0 aliphatic heterocycles. The van der Waals surface area contributed by atoms with E-state index in [1.807, 2.05) is 11.4 Å². The van der Waals surface area contributed by atoms with E-state index in [0.29, 0.717) is 12.1 Å². The SMILES string of the molecule is Nc1ccc(C(=O)NCc2cc(Br)cs2)cc1O. The number of carbonyl (C=O) groups is 1. The van der Waals surface area contributed by atoms with Crippen LogP contribution in [-0.4, -0.2) is 11.0 Å². The van der Waals surface area contributed by atoms with Crippen molar-refractivity contribution in [3.8, 4) is 5.75 Å². The minimum atomic E-state index is -0.241. The van der Waals surface area contributed by atoms with Crippen molar-refractivity contribution in [2.75, 3.05) is 5.73 Å². The van der Waals surface area contributed by atoms with Crippen LogP contribution in [0.4, 0.5) is 5.69 Å². The van der Waals surface area contributed by atoms with Crippen molar-refractivity contribution in [3.05, 3.63) is 44.6 Å². The standard InChI is InChI=1S/C12H11BrN2O2S/c13-8-4-9(18-6-8)5-15-12(17)7-1-2-10(14)11(16)3-7/h1-4,6,16H,5,14H2,(H,15,17). The van der Waals surface area contributed by atoms with Crippen LogP contribution in [0.15, 0.2) is 34.1 Å². The fraction of sp³-hybridized carbons (Fsp3) is 0.0833. The van der Waals surface area contributed by atoms with Crippen molar-refractivity contribution in [3.63, 3.8) is 0 Å². The van der Waals surface area contributed by atoms with Gasteiger partial charge in [0.05, 0.1) is 12.2 Å². The highest BCUT2D eigenvalue weighted by Gasteiger charge is 2.08. The van der Waals surface area contributed by atoms with Gasteiger partial charge in [-0.25, -0.2) is 0 Å². The number of phenolic OH excluding ortho intramolecular Hbond substituents is 1. The van der Waals surface area contributed by atoms with Gasteiger partial charge < -0.3 is 16.2 Å². The molecule has 0 atom stereocenters. The Kier molecular flexibility index (Phi) is 3.88. The Morgan fingerprint density at radius 3 is 2.83 bits per heavy atom. The molecule has 0 saturated carbocycles. The maximum atomic E-state index is 11.8. The molecule has 4 nitrogen and oxygen atoms in total. The van der Waals surface area contributed by atoms with Crippen molar-refractivity contribution in [1.29, 1.82) is 0 Å². The summed E-state index contributed by atoms with van der Waals surface area (Å²) in [6, 6.07) is 6.39. The third kappa shape index (κ3) is 3.02. The van der Waals surface area contributed by atoms with Crippen molar-refractivity contribution in [2.24, 2.45) is 0 Å². The molecule has 0 radical (unpaired) electrons. The molecule has 4 N–H and O–H groups in total. The number of aromatic hydroxyl groups is 1. The summed E-state index contributed by atoms with van der Waals surface area (Å²) >= 11 is 4.91. The largest absolute Gasteiger partial charge is 0.506 e. The molecule has 2 rings (SSSR count). The van der Waals surface area contributed by atoms with Gasteiger partial charge in [0.15, 0.2) is 0 Å². The Morgan fingerprint density at radius 2 is 2.22 bits per heavy atom. The third-order valence-corrected chi connectivity index (χ3v) is 4.04. The Bertz CT molecular complexity index is 583. The van der Waals surface area contributed by atoms with E-state index in [1.165, 1.54) is 12.1 Å². The Labute approximate surface area is 117 Å². The number of hydrogen-bond donors (Lipinski definition) is 3. The highest BCUT2D eigenvalue weighted by Crippen LogP contribution is 2.21. The molecule has 94 valence electrons. The fourth-order valence-corrected chi connectivity index (χ4v) is 2.79. The molecule has 0 saturated heterocycles. The molecule has 1 aromatic heterocycles. The lowest BCUT2D eigenvalue weighted by atomic mass is 10.2. The van der Waals surface area contributed by atoms with Crippen LogP contribution in [0.3, 0.4) is 0 Å². The first kappa shape index (κ1) is 12.9. The number of amides is 1. The van der Waals surface area contributed by atoms with Gasteiger partial charge in [-0.05, 0) is 40.2 Å². The first-order valence-electron chi connectivity index (χ1n) is 5.16. The van der Waals surface area contributed by atoms with Gasteiger partial charge >= 0.3 is 0 Å². The number of benzene rings is 1. The van der Waals surface area contributed by atoms with Crippen LogP contribution in [0.1, 0.15) is 15.2 Å². The van der Waals surface area contributed by atoms with Gasteiger partial charge in [0, 0.05) is 20.3 Å². The van der Waals surface area contributed by atoms with Crippen LogP contribution in [0.5, 0.6) is 5.75 Å². The van der Waals surface area contributed by atoms with Gasteiger partial charge in [-0.1, -0.05) is 0 Å². The van der Waals surface area contributed by atoms with E-state index < -0.39 is 0 Å². The lowest BCUT2D eigenvalue weighted by Crippen LogP contribution is -2.22. The molecule has 0 bridgehead atoms. The lowest BCUT2D eigenvalue weighted by Gasteiger charge is -2.05. The predicted octanol–water partition coefficient (Wildman–Crippen LogP) is 2.73. The zero-order valence-corrected chi connectivity index (χ0v) is 11.7. The summed E-state index contributed by atoms with van der Waals surface area (Å²) in [6.07, 6.45) is 0. The smallest absolute Gasteiger partial charge is 0.251 e. The summed E-state index contributed by atoms with van der Waals surface area (Å²) in [5.41, 5.74) is 6.12. The second-order valence-corrected chi connectivity index (χ2v) is 5.60. The number of nitrogen functional groups attached to an aromatic ring is 1. The number of rotatable bonds is 3. The number of nitrogens with one attached hydrogen (secondary N) is 1. The van der Waals surface area contributed by atoms with Crippen molar-refractivity contribution < 1.29 is 9.90 Å². The number of phenols is 1. The molecule has 18 heavy (non-hydrogen) atoms. The molecule has 0 spiro atoms. The van der Waals surface area contributed by atoms with E-state index >= 15 is 0 Å². The van der Waals surface area contributed by atoms with Crippen molar-refractivity contribution in [2.45, 2.75) is 6.54 Å². The second kappa shape index (κ2) is 5.41. The van der Waals surface area contributed by atoms with Gasteiger partial charge in [0.1, 0.15) is 5.75 Å². The van der Waals surface area contributed by atoms with Crippen LogP contribution in [0.2, 0.25) is 0 Å². The first-order valence-corrected chi connectivity index (χ1v) is 6.83. The van der Waals surface area contributed by atoms with Crippen LogP contribution in [0.25, 0.3) is 0 Å². The maximum absolute atomic E-state index is 11.8. The van der Waals surface area contributed by atoms with E-state index in [2.05, 4.69) is 21.2 Å². The summed E-state index contributed by atoms with van der Waals surface area (Å²) in [6.45, 7) is 0.459. The van der Waals surface area contributed by atoms with E-state index in [0.717, 1.165) is 9.35 Å². The molecule has 2 aromatic rings. The summed E-state index contributed by atoms with van der Waals surface area (Å²) in [5.74, 6) is -0.323. The number of carbonyl (C=O) groups excluding carboxylic acids is 1. The number of thiophene rings is 1. The molecule has 0 unspecified atom stereocenters. The van der Waals surface area contributed by atoms with Gasteiger partial charge in [-0.15, -0.1) is 11.3 Å². The average molecular weight is 327 g/mol. The van der Waals surface area contributed by atoms with E-state index in [4.69, 9.17) is 5.73 Å². The number of hydrogen-bond acceptors (Lipinski definition) is 4. The minimum absolute atomic E-state index is 0.0819. The highest BCUT2D eigenvalue weighted by molar-refractivity contribution is 9.10. The molecular weight excluding hydrogens is 316 g/mol. The number of nitrogens with two attached hydrogens (primary N) is 1. The quantitative estimate of drug-likeness (QED) is 0.599. The third-order valence-electron chi connectivity index (χ3n) is 2.34. The monoisotopic (exact) mass is 326 g/mol. The van der Waals surface area contributed by atoms with Gasteiger partial charge in [0.2, 0.25) is 0 Å². The van der Waals surface area contributed by atoms with Gasteiger partial charge in [-0.3, -0.25) is 4.79 Å². The maximum Gasteiger partial charge on any atom is 0.251 e. The zero-order valence-electron chi connectivity index (χ0n) is 9.31. The van der Waals surface area contributed by atoms with Crippen LogP contribution in [-0.2, 0) is 6.54 Å². The second-order valence-electron chi connectivity index (χ2n) is 3.69. The fourth-order valence-electron chi connectivity index (χ4n) is 1.40. The Hall–Kier alpha value is -1.53. The molecular formula is C12H11BrN2O2S. The Morgan fingerprint density at radius 1 is 1.44 bits per heavy atom. The normalized spacial score (nSPS) is 10.3. The molecule has 1 aromatic carbocycles. The highest BCUT2D eigenvalue weighted by atomic mass is 79.9. The van der Waals surface area contributed by atoms with Crippen LogP contribution >= 0.6 is 27.3 Å². The van der Waals surface area contributed by atoms with E-state index in [-0.39, 0.29) is 17.3 Å². The summed E-state index contributed by atoms with van der Waals surface area (Å²) in [4.78, 5) is 12.9. The zero-order chi connectivity index (χ0) is 13.1. The predicted molar refractivity (Wildman–Crippen MR) is 75.7 cm³/mol. The van der Waals surface area contributed by atoms with Crippen LogP contribution < -0.4 is 11.1 Å². The molecule has 0 aliphatic carbocycles. The minimum Gasteiger partial charge on any atom is -0.506 e. The van der Waals surface area contributed by atoms with E-state index in [9.17, 15) is 9.90 Å². The summed E-state index contributed by atoms with van der Waals surface area (Å²) in [5, 5.41) is 14.2. The summed E-state index contributed by atoms with van der Waals surface area (Å²) in [7, 11) is 0. The number of anilines is 1. The topological polar surface area (TPSA) is 75.4 Å². The van der Waals surface area contributed by atoms with Crippen molar-refractivity contribution >= 4 is 38.9 Å². The molecule has 6 heteroatoms. The average Bonchev–Trinajstić information content (AvgIpc) is 2.75. The van der Waals surface area contributed by atoms with Crippen LogP contribution in [0, 0.1) is 0 Å².